The molecule has 6 heteroatoms. The Kier molecular flexibility index (Phi) is 5.18. The summed E-state index contributed by atoms with van der Waals surface area (Å²) in [5.41, 5.74) is 0.0692. The van der Waals surface area contributed by atoms with Gasteiger partial charge in [-0.25, -0.2) is 0 Å². The maximum Gasteiger partial charge on any atom is 0.289 e. The van der Waals surface area contributed by atoms with Gasteiger partial charge < -0.3 is 14.2 Å². The number of furan rings is 1. The normalized spacial score (nSPS) is 24.5. The maximum absolute atomic E-state index is 12.7. The van der Waals surface area contributed by atoms with E-state index in [9.17, 15) is 9.59 Å². The minimum absolute atomic E-state index is 0.0148. The highest BCUT2D eigenvalue weighted by Gasteiger charge is 2.43. The molecule has 25 heavy (non-hydrogen) atoms. The first kappa shape index (κ1) is 18.0. The summed E-state index contributed by atoms with van der Waals surface area (Å²) in [5, 5.41) is 0. The first-order valence-electron chi connectivity index (χ1n) is 9.22. The zero-order chi connectivity index (χ0) is 18.0. The molecule has 0 unspecified atom stereocenters. The van der Waals surface area contributed by atoms with E-state index in [1.54, 1.807) is 11.0 Å². The van der Waals surface area contributed by atoms with Gasteiger partial charge in [0, 0.05) is 32.7 Å². The van der Waals surface area contributed by atoms with Gasteiger partial charge in [-0.3, -0.25) is 14.5 Å². The Labute approximate surface area is 149 Å². The van der Waals surface area contributed by atoms with Gasteiger partial charge in [0.1, 0.15) is 5.76 Å². The number of carbonyl (C=O) groups excluding carboxylic acids is 2. The number of likely N-dealkylation sites (N-methyl/N-ethyl adjacent to an activating group) is 1. The van der Waals surface area contributed by atoms with Crippen LogP contribution in [0, 0.1) is 6.92 Å². The molecule has 0 radical (unpaired) electrons. The first-order valence-corrected chi connectivity index (χ1v) is 9.22. The third-order valence-electron chi connectivity index (χ3n) is 5.72. The Morgan fingerprint density at radius 2 is 1.84 bits per heavy atom. The summed E-state index contributed by atoms with van der Waals surface area (Å²) >= 11 is 0. The lowest BCUT2D eigenvalue weighted by molar-refractivity contribution is -0.131. The van der Waals surface area contributed by atoms with E-state index in [2.05, 4.69) is 4.90 Å². The third-order valence-corrected chi connectivity index (χ3v) is 5.72. The fourth-order valence-corrected chi connectivity index (χ4v) is 4.20. The van der Waals surface area contributed by atoms with Crippen molar-refractivity contribution in [3.05, 3.63) is 23.7 Å². The summed E-state index contributed by atoms with van der Waals surface area (Å²) in [6.45, 7) is 4.80. The average molecular weight is 347 g/mol. The molecule has 1 atom stereocenters. The van der Waals surface area contributed by atoms with Crippen molar-refractivity contribution in [3.63, 3.8) is 0 Å². The van der Waals surface area contributed by atoms with Crippen LogP contribution in [0.25, 0.3) is 0 Å². The molecule has 2 amide bonds. The van der Waals surface area contributed by atoms with Crippen molar-refractivity contribution < 1.29 is 14.0 Å². The third kappa shape index (κ3) is 3.73. The zero-order valence-corrected chi connectivity index (χ0v) is 15.6. The highest BCUT2D eigenvalue weighted by atomic mass is 16.3. The van der Waals surface area contributed by atoms with Gasteiger partial charge in [0.15, 0.2) is 5.76 Å². The Hall–Kier alpha value is -1.82. The molecular weight excluding hydrogens is 318 g/mol. The molecule has 0 aromatic carbocycles. The maximum atomic E-state index is 12.7. The quantitative estimate of drug-likeness (QED) is 0.841. The molecular formula is C19H29N3O3. The minimum atomic E-state index is -0.0148. The molecule has 1 aromatic heterocycles. The van der Waals surface area contributed by atoms with Gasteiger partial charge in [0.05, 0.1) is 6.54 Å². The summed E-state index contributed by atoms with van der Waals surface area (Å²) in [4.78, 5) is 30.8. The minimum Gasteiger partial charge on any atom is -0.456 e. The van der Waals surface area contributed by atoms with Crippen LogP contribution in [-0.4, -0.2) is 72.3 Å². The number of aryl methyl sites for hydroxylation is 1. The molecule has 2 aliphatic heterocycles. The van der Waals surface area contributed by atoms with Crippen LogP contribution < -0.4 is 0 Å². The van der Waals surface area contributed by atoms with E-state index in [0.29, 0.717) is 12.3 Å². The van der Waals surface area contributed by atoms with Crippen molar-refractivity contribution in [1.82, 2.24) is 14.7 Å². The van der Waals surface area contributed by atoms with Crippen molar-refractivity contribution in [2.24, 2.45) is 0 Å². The Morgan fingerprint density at radius 1 is 1.12 bits per heavy atom. The second kappa shape index (κ2) is 7.20. The molecule has 1 aromatic rings. The van der Waals surface area contributed by atoms with Crippen LogP contribution >= 0.6 is 0 Å². The SMILES string of the molecule is Cc1ccc(C(=O)N2CCC[C@@]3(CCCN3CC(=O)N(C)C)CC2)o1. The van der Waals surface area contributed by atoms with Crippen LogP contribution in [0.5, 0.6) is 0 Å². The van der Waals surface area contributed by atoms with Gasteiger partial charge in [0.25, 0.3) is 5.91 Å². The molecule has 2 saturated heterocycles. The molecule has 3 heterocycles. The number of amides is 2. The number of nitrogens with zero attached hydrogens (tertiary/aromatic N) is 3. The van der Waals surface area contributed by atoms with Crippen LogP contribution in [0.1, 0.15) is 48.4 Å². The van der Waals surface area contributed by atoms with E-state index < -0.39 is 0 Å². The number of hydrogen-bond donors (Lipinski definition) is 0. The molecule has 0 N–H and O–H groups in total. The predicted molar refractivity (Wildman–Crippen MR) is 95.4 cm³/mol. The zero-order valence-electron chi connectivity index (χ0n) is 15.6. The summed E-state index contributed by atoms with van der Waals surface area (Å²) in [6.07, 6.45) is 5.20. The van der Waals surface area contributed by atoms with Gasteiger partial charge in [-0.15, -0.1) is 0 Å². The Bertz CT molecular complexity index is 640. The molecule has 6 nitrogen and oxygen atoms in total. The molecule has 138 valence electrons. The van der Waals surface area contributed by atoms with Crippen LogP contribution in [-0.2, 0) is 4.79 Å². The van der Waals surface area contributed by atoms with Crippen LogP contribution in [0.3, 0.4) is 0 Å². The van der Waals surface area contributed by atoms with Gasteiger partial charge >= 0.3 is 0 Å². The van der Waals surface area contributed by atoms with Crippen molar-refractivity contribution in [3.8, 4) is 0 Å². The largest absolute Gasteiger partial charge is 0.456 e. The van der Waals surface area contributed by atoms with Gasteiger partial charge in [0.2, 0.25) is 5.91 Å². The summed E-state index contributed by atoms with van der Waals surface area (Å²) < 4.78 is 5.50. The van der Waals surface area contributed by atoms with E-state index in [1.807, 2.05) is 32.0 Å². The second-order valence-electron chi connectivity index (χ2n) is 7.59. The van der Waals surface area contributed by atoms with Crippen LogP contribution in [0.15, 0.2) is 16.5 Å². The molecule has 2 fully saturated rings. The fraction of sp³-hybridized carbons (Fsp3) is 0.684. The van der Waals surface area contributed by atoms with Crippen LogP contribution in [0.4, 0.5) is 0 Å². The number of hydrogen-bond acceptors (Lipinski definition) is 4. The molecule has 2 aliphatic rings. The lowest BCUT2D eigenvalue weighted by Gasteiger charge is -2.38. The lowest BCUT2D eigenvalue weighted by Crippen LogP contribution is -2.48. The summed E-state index contributed by atoms with van der Waals surface area (Å²) in [5.74, 6) is 1.34. The van der Waals surface area contributed by atoms with E-state index >= 15 is 0 Å². The monoisotopic (exact) mass is 347 g/mol. The van der Waals surface area contributed by atoms with Gasteiger partial charge in [-0.2, -0.15) is 0 Å². The molecule has 0 bridgehead atoms. The first-order chi connectivity index (χ1) is 11.9. The van der Waals surface area contributed by atoms with E-state index in [0.717, 1.165) is 57.5 Å². The number of rotatable bonds is 3. The lowest BCUT2D eigenvalue weighted by atomic mass is 9.87. The fourth-order valence-electron chi connectivity index (χ4n) is 4.20. The van der Waals surface area contributed by atoms with E-state index in [1.165, 1.54) is 0 Å². The molecule has 3 rings (SSSR count). The standard InChI is InChI=1S/C19H29N3O3/c1-15-6-7-16(25-15)18(24)21-11-4-8-19(10-13-21)9-5-12-22(19)14-17(23)20(2)3/h6-7H,4-5,8-14H2,1-3H3/t19-/m1/s1. The smallest absolute Gasteiger partial charge is 0.289 e. The summed E-state index contributed by atoms with van der Waals surface area (Å²) in [6, 6.07) is 3.59. The van der Waals surface area contributed by atoms with E-state index in [4.69, 9.17) is 4.42 Å². The van der Waals surface area contributed by atoms with Crippen LogP contribution in [0.2, 0.25) is 0 Å². The topological polar surface area (TPSA) is 57.0 Å². The van der Waals surface area contributed by atoms with Crippen molar-refractivity contribution in [2.75, 3.05) is 40.3 Å². The predicted octanol–water partition coefficient (Wildman–Crippen LogP) is 2.14. The van der Waals surface area contributed by atoms with Gasteiger partial charge in [-0.1, -0.05) is 0 Å². The van der Waals surface area contributed by atoms with E-state index in [-0.39, 0.29) is 17.4 Å². The summed E-state index contributed by atoms with van der Waals surface area (Å²) in [7, 11) is 3.62. The number of likely N-dealkylation sites (tertiary alicyclic amines) is 2. The van der Waals surface area contributed by atoms with Crippen molar-refractivity contribution in [2.45, 2.75) is 44.6 Å². The molecule has 1 spiro atoms. The Balaban J connectivity index is 1.67. The second-order valence-corrected chi connectivity index (χ2v) is 7.59. The highest BCUT2D eigenvalue weighted by Crippen LogP contribution is 2.38. The average Bonchev–Trinajstić information content (AvgIpc) is 3.09. The van der Waals surface area contributed by atoms with Crippen molar-refractivity contribution >= 4 is 11.8 Å². The molecule has 0 aliphatic carbocycles. The number of carbonyl (C=O) groups is 2. The van der Waals surface area contributed by atoms with Gasteiger partial charge in [-0.05, 0) is 57.7 Å². The highest BCUT2D eigenvalue weighted by molar-refractivity contribution is 5.91. The van der Waals surface area contributed by atoms with Crippen molar-refractivity contribution in [1.29, 1.82) is 0 Å². The Morgan fingerprint density at radius 3 is 2.48 bits per heavy atom. The molecule has 0 saturated carbocycles.